The molecular weight excluding hydrogens is 280 g/mol. The number of carbonyl (C=O) groups is 1. The van der Waals surface area contributed by atoms with Gasteiger partial charge < -0.3 is 14.4 Å². The number of ether oxygens (including phenoxy) is 2. The second-order valence-corrected chi connectivity index (χ2v) is 4.86. The summed E-state index contributed by atoms with van der Waals surface area (Å²) in [4.78, 5) is 13.9. The molecule has 0 aliphatic carbocycles. The van der Waals surface area contributed by atoms with Gasteiger partial charge in [0.2, 0.25) is 0 Å². The van der Waals surface area contributed by atoms with Crippen molar-refractivity contribution in [2.45, 2.75) is 13.0 Å². The van der Waals surface area contributed by atoms with Gasteiger partial charge in [-0.3, -0.25) is 4.79 Å². The molecule has 1 aliphatic rings. The highest BCUT2D eigenvalue weighted by atomic mass is 35.5. The summed E-state index contributed by atoms with van der Waals surface area (Å²) < 4.78 is 10.8. The summed E-state index contributed by atoms with van der Waals surface area (Å²) in [7, 11) is 0. The molecule has 1 fully saturated rings. The van der Waals surface area contributed by atoms with E-state index < -0.39 is 6.10 Å². The van der Waals surface area contributed by atoms with E-state index in [2.05, 4.69) is 0 Å². The van der Waals surface area contributed by atoms with Gasteiger partial charge in [0.25, 0.3) is 5.91 Å². The minimum atomic E-state index is -0.600. The van der Waals surface area contributed by atoms with Crippen molar-refractivity contribution in [1.82, 2.24) is 4.90 Å². The predicted molar refractivity (Wildman–Crippen MR) is 73.7 cm³/mol. The molecule has 1 aromatic carbocycles. The molecule has 1 unspecified atom stereocenters. The Morgan fingerprint density at radius 2 is 2.20 bits per heavy atom. The van der Waals surface area contributed by atoms with E-state index in [4.69, 9.17) is 26.3 Å². The Balaban J connectivity index is 2.00. The number of halogens is 1. The third-order valence-corrected chi connectivity index (χ3v) is 3.36. The van der Waals surface area contributed by atoms with Crippen molar-refractivity contribution in [3.8, 4) is 11.8 Å². The van der Waals surface area contributed by atoms with Crippen LogP contribution in [0.3, 0.4) is 0 Å². The first-order valence-corrected chi connectivity index (χ1v) is 6.72. The van der Waals surface area contributed by atoms with Gasteiger partial charge >= 0.3 is 0 Å². The van der Waals surface area contributed by atoms with Gasteiger partial charge in [0, 0.05) is 19.2 Å². The van der Waals surface area contributed by atoms with Gasteiger partial charge in [0.05, 0.1) is 23.8 Å². The summed E-state index contributed by atoms with van der Waals surface area (Å²) in [6.07, 6.45) is -0.600. The number of nitriles is 1. The first-order valence-electron chi connectivity index (χ1n) is 6.34. The molecule has 2 rings (SSSR count). The van der Waals surface area contributed by atoms with E-state index in [-0.39, 0.29) is 5.91 Å². The number of amides is 1. The van der Waals surface area contributed by atoms with Crippen molar-refractivity contribution in [2.75, 3.05) is 26.3 Å². The summed E-state index contributed by atoms with van der Waals surface area (Å²) >= 11 is 5.93. The van der Waals surface area contributed by atoms with Gasteiger partial charge in [-0.2, -0.15) is 5.26 Å². The van der Waals surface area contributed by atoms with Crippen LogP contribution in [0.4, 0.5) is 0 Å². The summed E-state index contributed by atoms with van der Waals surface area (Å²) in [5.74, 6) is 0.400. The Morgan fingerprint density at radius 1 is 1.50 bits per heavy atom. The van der Waals surface area contributed by atoms with Crippen LogP contribution < -0.4 is 4.74 Å². The van der Waals surface area contributed by atoms with Crippen molar-refractivity contribution >= 4 is 17.5 Å². The smallest absolute Gasteiger partial charge is 0.263 e. The zero-order valence-corrected chi connectivity index (χ0v) is 11.9. The lowest BCUT2D eigenvalue weighted by Gasteiger charge is -2.29. The van der Waals surface area contributed by atoms with Gasteiger partial charge in [0.1, 0.15) is 11.8 Å². The average Bonchev–Trinajstić information content (AvgIpc) is 2.47. The van der Waals surface area contributed by atoms with E-state index in [1.54, 1.807) is 30.0 Å². The second-order valence-electron chi connectivity index (χ2n) is 4.45. The first kappa shape index (κ1) is 14.6. The summed E-state index contributed by atoms with van der Waals surface area (Å²) in [6.45, 7) is 3.98. The zero-order valence-electron chi connectivity index (χ0n) is 11.1. The van der Waals surface area contributed by atoms with E-state index >= 15 is 0 Å². The van der Waals surface area contributed by atoms with Crippen molar-refractivity contribution in [3.05, 3.63) is 28.8 Å². The van der Waals surface area contributed by atoms with Crippen molar-refractivity contribution < 1.29 is 14.3 Å². The molecular formula is C14H15ClN2O3. The number of morpholine rings is 1. The highest BCUT2D eigenvalue weighted by molar-refractivity contribution is 6.31. The molecule has 20 heavy (non-hydrogen) atoms. The molecule has 1 heterocycles. The Hall–Kier alpha value is -1.77. The maximum atomic E-state index is 12.2. The maximum Gasteiger partial charge on any atom is 0.263 e. The van der Waals surface area contributed by atoms with Crippen LogP contribution in [0, 0.1) is 11.3 Å². The lowest BCUT2D eigenvalue weighted by Crippen LogP contribution is -2.46. The SMILES string of the molecule is CC(Oc1ccc(C#N)c(Cl)c1)C(=O)N1CCOCC1. The number of rotatable bonds is 3. The number of benzene rings is 1. The summed E-state index contributed by atoms with van der Waals surface area (Å²) in [5, 5.41) is 9.12. The first-order chi connectivity index (χ1) is 9.61. The normalized spacial score (nSPS) is 16.4. The third-order valence-electron chi connectivity index (χ3n) is 3.04. The Bertz CT molecular complexity index is 536. The van der Waals surface area contributed by atoms with Crippen LogP contribution in [0.2, 0.25) is 5.02 Å². The van der Waals surface area contributed by atoms with E-state index in [9.17, 15) is 4.79 Å². The summed E-state index contributed by atoms with van der Waals surface area (Å²) in [5.41, 5.74) is 0.381. The van der Waals surface area contributed by atoms with Crippen LogP contribution in [-0.2, 0) is 9.53 Å². The quantitative estimate of drug-likeness (QED) is 0.853. The summed E-state index contributed by atoms with van der Waals surface area (Å²) in [6, 6.07) is 6.72. The van der Waals surface area contributed by atoms with Crippen molar-refractivity contribution in [3.63, 3.8) is 0 Å². The lowest BCUT2D eigenvalue weighted by atomic mass is 10.2. The lowest BCUT2D eigenvalue weighted by molar-refractivity contribution is -0.142. The molecule has 0 N–H and O–H groups in total. The van der Waals surface area contributed by atoms with Crippen molar-refractivity contribution in [1.29, 1.82) is 5.26 Å². The minimum Gasteiger partial charge on any atom is -0.481 e. The number of nitrogens with zero attached hydrogens (tertiary/aromatic N) is 2. The van der Waals surface area contributed by atoms with Crippen LogP contribution in [0.15, 0.2) is 18.2 Å². The largest absolute Gasteiger partial charge is 0.481 e. The van der Waals surface area contributed by atoms with Crippen LogP contribution in [-0.4, -0.2) is 43.2 Å². The number of hydrogen-bond acceptors (Lipinski definition) is 4. The maximum absolute atomic E-state index is 12.2. The molecule has 106 valence electrons. The highest BCUT2D eigenvalue weighted by Crippen LogP contribution is 2.23. The van der Waals surface area contributed by atoms with Crippen molar-refractivity contribution in [2.24, 2.45) is 0 Å². The van der Waals surface area contributed by atoms with Crippen LogP contribution >= 0.6 is 11.6 Å². The monoisotopic (exact) mass is 294 g/mol. The molecule has 1 aliphatic heterocycles. The van der Waals surface area contributed by atoms with Gasteiger partial charge in [-0.15, -0.1) is 0 Å². The zero-order chi connectivity index (χ0) is 14.5. The Labute approximate surface area is 122 Å². The van der Waals surface area contributed by atoms with E-state index in [1.807, 2.05) is 6.07 Å². The molecule has 5 nitrogen and oxygen atoms in total. The van der Waals surface area contributed by atoms with Gasteiger partial charge in [-0.25, -0.2) is 0 Å². The molecule has 0 radical (unpaired) electrons. The van der Waals surface area contributed by atoms with Gasteiger partial charge in [0.15, 0.2) is 6.10 Å². The molecule has 1 amide bonds. The van der Waals surface area contributed by atoms with Crippen LogP contribution in [0.1, 0.15) is 12.5 Å². The molecule has 0 aromatic heterocycles. The van der Waals surface area contributed by atoms with E-state index in [0.29, 0.717) is 42.6 Å². The molecule has 0 bridgehead atoms. The topological polar surface area (TPSA) is 62.6 Å². The highest BCUT2D eigenvalue weighted by Gasteiger charge is 2.23. The average molecular weight is 295 g/mol. The molecule has 0 saturated carbocycles. The fraction of sp³-hybridized carbons (Fsp3) is 0.429. The molecule has 1 atom stereocenters. The Kier molecular flexibility index (Phi) is 4.83. The number of hydrogen-bond donors (Lipinski definition) is 0. The molecule has 0 spiro atoms. The predicted octanol–water partition coefficient (Wildman–Crippen LogP) is 1.84. The van der Waals surface area contributed by atoms with Gasteiger partial charge in [-0.05, 0) is 19.1 Å². The van der Waals surface area contributed by atoms with Crippen LogP contribution in [0.5, 0.6) is 5.75 Å². The Morgan fingerprint density at radius 3 is 2.80 bits per heavy atom. The molecule has 1 saturated heterocycles. The second kappa shape index (κ2) is 6.60. The number of carbonyl (C=O) groups excluding carboxylic acids is 1. The fourth-order valence-corrected chi connectivity index (χ4v) is 2.17. The van der Waals surface area contributed by atoms with E-state index in [1.165, 1.54) is 0 Å². The molecule has 6 heteroatoms. The third kappa shape index (κ3) is 3.41. The van der Waals surface area contributed by atoms with Crippen LogP contribution in [0.25, 0.3) is 0 Å². The van der Waals surface area contributed by atoms with Gasteiger partial charge in [-0.1, -0.05) is 11.6 Å². The standard InChI is InChI=1S/C14H15ClN2O3/c1-10(14(18)17-4-6-19-7-5-17)20-12-3-2-11(9-16)13(15)8-12/h2-3,8,10H,4-7H2,1H3. The van der Waals surface area contributed by atoms with E-state index in [0.717, 1.165) is 0 Å². The fourth-order valence-electron chi connectivity index (χ4n) is 1.96. The molecule has 1 aromatic rings. The minimum absolute atomic E-state index is 0.0752.